The molecule has 0 saturated carbocycles. The molecule has 2 amide bonds. The van der Waals surface area contributed by atoms with Crippen molar-refractivity contribution < 1.29 is 9.59 Å². The molecular formula is C11H19N5O2. The first kappa shape index (κ1) is 14.1. The van der Waals surface area contributed by atoms with E-state index in [2.05, 4.69) is 25.8 Å². The van der Waals surface area contributed by atoms with E-state index in [0.29, 0.717) is 5.82 Å². The van der Waals surface area contributed by atoms with E-state index in [0.717, 1.165) is 0 Å². The highest BCUT2D eigenvalue weighted by atomic mass is 16.2. The fourth-order valence-electron chi connectivity index (χ4n) is 1.25. The van der Waals surface area contributed by atoms with Crippen LogP contribution in [0.2, 0.25) is 0 Å². The molecule has 0 aliphatic carbocycles. The first-order valence-corrected chi connectivity index (χ1v) is 5.90. The van der Waals surface area contributed by atoms with Crippen molar-refractivity contribution >= 4 is 11.8 Å². The molecule has 1 rings (SSSR count). The van der Waals surface area contributed by atoms with E-state index >= 15 is 0 Å². The number of amides is 2. The largest absolute Gasteiger partial charge is 0.352 e. The zero-order valence-corrected chi connectivity index (χ0v) is 11.1. The lowest BCUT2D eigenvalue weighted by Gasteiger charge is -2.08. The molecule has 0 unspecified atom stereocenters. The lowest BCUT2D eigenvalue weighted by molar-refractivity contribution is -0.120. The number of nitrogens with one attached hydrogen (secondary N) is 3. The van der Waals surface area contributed by atoms with Gasteiger partial charge in [0.05, 0.1) is 6.54 Å². The maximum Gasteiger partial charge on any atom is 0.291 e. The second-order valence-electron chi connectivity index (χ2n) is 4.60. The van der Waals surface area contributed by atoms with Crippen LogP contribution in [0.3, 0.4) is 0 Å². The molecule has 1 heterocycles. The second kappa shape index (κ2) is 6.13. The van der Waals surface area contributed by atoms with Crippen molar-refractivity contribution in [3.63, 3.8) is 0 Å². The Balaban J connectivity index is 2.47. The van der Waals surface area contributed by atoms with Gasteiger partial charge in [-0.05, 0) is 13.8 Å². The number of nitrogens with zero attached hydrogens (tertiary/aromatic N) is 2. The molecule has 1 aromatic rings. The number of carbonyl (C=O) groups is 2. The highest BCUT2D eigenvalue weighted by Crippen LogP contribution is 2.07. The van der Waals surface area contributed by atoms with Gasteiger partial charge in [-0.2, -0.15) is 0 Å². The number of hydrogen-bond donors (Lipinski definition) is 3. The first-order valence-electron chi connectivity index (χ1n) is 5.90. The van der Waals surface area contributed by atoms with E-state index in [1.807, 2.05) is 27.7 Å². The topological polar surface area (TPSA) is 99.8 Å². The number of H-pyrrole nitrogens is 1. The number of rotatable bonds is 5. The highest BCUT2D eigenvalue weighted by molar-refractivity contribution is 5.93. The molecule has 1 aromatic heterocycles. The van der Waals surface area contributed by atoms with Crippen LogP contribution >= 0.6 is 0 Å². The van der Waals surface area contributed by atoms with Crippen molar-refractivity contribution in [2.24, 2.45) is 0 Å². The highest BCUT2D eigenvalue weighted by Gasteiger charge is 2.14. The van der Waals surface area contributed by atoms with Crippen molar-refractivity contribution in [3.8, 4) is 0 Å². The Hall–Kier alpha value is -1.92. The van der Waals surface area contributed by atoms with Crippen molar-refractivity contribution in [3.05, 3.63) is 11.6 Å². The normalized spacial score (nSPS) is 10.8. The van der Waals surface area contributed by atoms with Gasteiger partial charge >= 0.3 is 0 Å². The van der Waals surface area contributed by atoms with Crippen molar-refractivity contribution in [2.45, 2.75) is 39.7 Å². The minimum Gasteiger partial charge on any atom is -0.352 e. The summed E-state index contributed by atoms with van der Waals surface area (Å²) in [5.41, 5.74) is 0. The number of hydrogen-bond acceptors (Lipinski definition) is 4. The first-order chi connectivity index (χ1) is 8.40. The average Bonchev–Trinajstić information content (AvgIpc) is 2.74. The molecule has 0 radical (unpaired) electrons. The number of carbonyl (C=O) groups excluding carboxylic acids is 2. The van der Waals surface area contributed by atoms with Gasteiger partial charge in [0, 0.05) is 12.0 Å². The zero-order chi connectivity index (χ0) is 13.7. The molecule has 0 aliphatic heterocycles. The molecule has 0 spiro atoms. The Morgan fingerprint density at radius 3 is 2.44 bits per heavy atom. The minimum absolute atomic E-state index is 0.0467. The standard InChI is InChI=1S/C11H19N5O2/c1-6(2)9-14-10(16-15-9)11(18)12-5-8(17)13-7(3)4/h6-7H,5H2,1-4H3,(H,12,18)(H,13,17)(H,14,15,16). The van der Waals surface area contributed by atoms with Crippen molar-refractivity contribution in [2.75, 3.05) is 6.54 Å². The van der Waals surface area contributed by atoms with Gasteiger partial charge in [-0.1, -0.05) is 13.8 Å². The van der Waals surface area contributed by atoms with Crippen LogP contribution in [-0.4, -0.2) is 39.6 Å². The molecule has 0 fully saturated rings. The van der Waals surface area contributed by atoms with Gasteiger partial charge in [0.15, 0.2) is 0 Å². The third-order valence-corrected chi connectivity index (χ3v) is 2.11. The third-order valence-electron chi connectivity index (χ3n) is 2.11. The van der Waals surface area contributed by atoms with Crippen LogP contribution in [0, 0.1) is 0 Å². The second-order valence-corrected chi connectivity index (χ2v) is 4.60. The Labute approximate surface area is 106 Å². The zero-order valence-electron chi connectivity index (χ0n) is 11.1. The molecule has 18 heavy (non-hydrogen) atoms. The van der Waals surface area contributed by atoms with E-state index in [1.165, 1.54) is 0 Å². The summed E-state index contributed by atoms with van der Waals surface area (Å²) in [4.78, 5) is 27.0. The maximum absolute atomic E-state index is 11.6. The predicted octanol–water partition coefficient (Wildman–Crippen LogP) is 0.182. The van der Waals surface area contributed by atoms with Gasteiger partial charge in [-0.25, -0.2) is 4.98 Å². The van der Waals surface area contributed by atoms with Crippen molar-refractivity contribution in [1.82, 2.24) is 25.8 Å². The molecule has 7 nitrogen and oxygen atoms in total. The lowest BCUT2D eigenvalue weighted by Crippen LogP contribution is -2.40. The smallest absolute Gasteiger partial charge is 0.291 e. The number of aromatic nitrogens is 3. The predicted molar refractivity (Wildman–Crippen MR) is 66.1 cm³/mol. The summed E-state index contributed by atoms with van der Waals surface area (Å²) in [6.07, 6.45) is 0. The van der Waals surface area contributed by atoms with Crippen LogP contribution in [0.25, 0.3) is 0 Å². The minimum atomic E-state index is -0.461. The summed E-state index contributed by atoms with van der Waals surface area (Å²) in [6, 6.07) is 0.0467. The van der Waals surface area contributed by atoms with Crippen LogP contribution in [-0.2, 0) is 4.79 Å². The SMILES string of the molecule is CC(C)NC(=O)CNC(=O)c1n[nH]c(C(C)C)n1. The van der Waals surface area contributed by atoms with Gasteiger partial charge in [0.1, 0.15) is 5.82 Å². The van der Waals surface area contributed by atoms with Crippen LogP contribution in [0.4, 0.5) is 0 Å². The summed E-state index contributed by atoms with van der Waals surface area (Å²) in [5.74, 6) is 0.168. The maximum atomic E-state index is 11.6. The van der Waals surface area contributed by atoms with E-state index in [1.54, 1.807) is 0 Å². The van der Waals surface area contributed by atoms with Crippen LogP contribution in [0.5, 0.6) is 0 Å². The molecule has 0 bridgehead atoms. The van der Waals surface area contributed by atoms with Gasteiger partial charge in [-0.3, -0.25) is 14.7 Å². The molecule has 100 valence electrons. The molecular weight excluding hydrogens is 234 g/mol. The third kappa shape index (κ3) is 4.15. The Morgan fingerprint density at radius 1 is 1.28 bits per heavy atom. The molecule has 0 aliphatic rings. The molecule has 3 N–H and O–H groups in total. The van der Waals surface area contributed by atoms with Gasteiger partial charge < -0.3 is 10.6 Å². The van der Waals surface area contributed by atoms with E-state index in [-0.39, 0.29) is 30.2 Å². The quantitative estimate of drug-likeness (QED) is 0.697. The van der Waals surface area contributed by atoms with Gasteiger partial charge in [-0.15, -0.1) is 5.10 Å². The Kier molecular flexibility index (Phi) is 4.82. The summed E-state index contributed by atoms with van der Waals surface area (Å²) in [5, 5.41) is 11.6. The summed E-state index contributed by atoms with van der Waals surface area (Å²) < 4.78 is 0. The molecule has 7 heteroatoms. The fourth-order valence-corrected chi connectivity index (χ4v) is 1.25. The van der Waals surface area contributed by atoms with Gasteiger partial charge in [0.2, 0.25) is 11.7 Å². The van der Waals surface area contributed by atoms with E-state index in [4.69, 9.17) is 0 Å². The number of aromatic amines is 1. The van der Waals surface area contributed by atoms with Gasteiger partial charge in [0.25, 0.3) is 5.91 Å². The monoisotopic (exact) mass is 253 g/mol. The Morgan fingerprint density at radius 2 is 1.94 bits per heavy atom. The average molecular weight is 253 g/mol. The molecule has 0 aromatic carbocycles. The van der Waals surface area contributed by atoms with E-state index < -0.39 is 5.91 Å². The summed E-state index contributed by atoms with van der Waals surface area (Å²) >= 11 is 0. The summed E-state index contributed by atoms with van der Waals surface area (Å²) in [7, 11) is 0. The van der Waals surface area contributed by atoms with Crippen LogP contribution in [0.15, 0.2) is 0 Å². The Bertz CT molecular complexity index is 425. The fraction of sp³-hybridized carbons (Fsp3) is 0.636. The van der Waals surface area contributed by atoms with Crippen LogP contribution < -0.4 is 10.6 Å². The van der Waals surface area contributed by atoms with E-state index in [9.17, 15) is 9.59 Å². The summed E-state index contributed by atoms with van der Waals surface area (Å²) in [6.45, 7) is 7.51. The van der Waals surface area contributed by atoms with Crippen molar-refractivity contribution in [1.29, 1.82) is 0 Å². The molecule has 0 atom stereocenters. The lowest BCUT2D eigenvalue weighted by atomic mass is 10.2. The molecule has 0 saturated heterocycles. The van der Waals surface area contributed by atoms with Crippen LogP contribution in [0.1, 0.15) is 50.1 Å².